The lowest BCUT2D eigenvalue weighted by molar-refractivity contribution is 0.650. The molecule has 1 fully saturated rings. The Balaban J connectivity index is 2.17. The van der Waals surface area contributed by atoms with Gasteiger partial charge in [-0.1, -0.05) is 43.2 Å². The van der Waals surface area contributed by atoms with Crippen molar-refractivity contribution >= 4 is 16.7 Å². The third-order valence-electron chi connectivity index (χ3n) is 3.31. The summed E-state index contributed by atoms with van der Waals surface area (Å²) < 4.78 is 16.4. The molecule has 0 heterocycles. The van der Waals surface area contributed by atoms with E-state index in [2.05, 4.69) is 16.5 Å². The first kappa shape index (κ1) is 14.4. The Morgan fingerprint density at radius 1 is 1.26 bits per heavy atom. The van der Waals surface area contributed by atoms with E-state index in [1.807, 2.05) is 39.0 Å². The molecule has 1 aliphatic rings. The van der Waals surface area contributed by atoms with Gasteiger partial charge in [0.25, 0.3) is 0 Å². The van der Waals surface area contributed by atoms with Crippen LogP contribution in [-0.2, 0) is 11.0 Å². The van der Waals surface area contributed by atoms with E-state index in [4.69, 9.17) is 0 Å². The van der Waals surface area contributed by atoms with Crippen LogP contribution < -0.4 is 0 Å². The van der Waals surface area contributed by atoms with Crippen LogP contribution in [0.25, 0.3) is 0 Å². The predicted molar refractivity (Wildman–Crippen MR) is 82.8 cm³/mol. The van der Waals surface area contributed by atoms with E-state index in [0.717, 1.165) is 23.6 Å². The van der Waals surface area contributed by atoms with Gasteiger partial charge >= 0.3 is 0 Å². The SMILES string of the molecule is CC(C)(C)S(=O)N=C(CCC1CC1)c1ccccc1. The molecule has 1 aliphatic carbocycles. The molecule has 0 aliphatic heterocycles. The van der Waals surface area contributed by atoms with Crippen LogP contribution >= 0.6 is 0 Å². The highest BCUT2D eigenvalue weighted by Crippen LogP contribution is 2.34. The lowest BCUT2D eigenvalue weighted by Crippen LogP contribution is -2.21. The molecular weight excluding hydrogens is 254 g/mol. The minimum atomic E-state index is -1.17. The monoisotopic (exact) mass is 277 g/mol. The zero-order valence-electron chi connectivity index (χ0n) is 12.1. The molecule has 0 N–H and O–H groups in total. The van der Waals surface area contributed by atoms with E-state index in [9.17, 15) is 4.21 Å². The molecule has 1 atom stereocenters. The zero-order valence-corrected chi connectivity index (χ0v) is 12.9. The molecule has 0 amide bonds. The van der Waals surface area contributed by atoms with Crippen LogP contribution in [0.1, 0.15) is 52.0 Å². The summed E-state index contributed by atoms with van der Waals surface area (Å²) in [6.07, 6.45) is 4.82. The molecule has 1 aromatic rings. The summed E-state index contributed by atoms with van der Waals surface area (Å²) in [6, 6.07) is 10.2. The Morgan fingerprint density at radius 2 is 1.89 bits per heavy atom. The van der Waals surface area contributed by atoms with Crippen molar-refractivity contribution in [3.8, 4) is 0 Å². The predicted octanol–water partition coefficient (Wildman–Crippen LogP) is 4.13. The Kier molecular flexibility index (Phi) is 4.56. The average molecular weight is 277 g/mol. The largest absolute Gasteiger partial charge is 0.234 e. The van der Waals surface area contributed by atoms with Crippen LogP contribution in [0.4, 0.5) is 0 Å². The van der Waals surface area contributed by atoms with Crippen molar-refractivity contribution in [2.45, 2.75) is 51.2 Å². The van der Waals surface area contributed by atoms with Crippen molar-refractivity contribution < 1.29 is 4.21 Å². The van der Waals surface area contributed by atoms with Gasteiger partial charge in [0.05, 0.1) is 10.5 Å². The minimum Gasteiger partial charge on any atom is -0.234 e. The Hall–Kier alpha value is -0.960. The maximum atomic E-state index is 12.2. The van der Waals surface area contributed by atoms with Gasteiger partial charge in [-0.3, -0.25) is 0 Å². The Bertz CT molecular complexity index is 469. The fourth-order valence-electron chi connectivity index (χ4n) is 1.86. The average Bonchev–Trinajstić information content (AvgIpc) is 3.18. The lowest BCUT2D eigenvalue weighted by atomic mass is 10.0. The number of nitrogens with zero attached hydrogens (tertiary/aromatic N) is 1. The van der Waals surface area contributed by atoms with E-state index >= 15 is 0 Å². The first-order valence-corrected chi connectivity index (χ1v) is 8.12. The Labute approximate surface area is 118 Å². The highest BCUT2D eigenvalue weighted by Gasteiger charge is 2.23. The van der Waals surface area contributed by atoms with Crippen LogP contribution in [0, 0.1) is 5.92 Å². The van der Waals surface area contributed by atoms with Gasteiger partial charge in [0.15, 0.2) is 0 Å². The number of hydrogen-bond acceptors (Lipinski definition) is 1. The van der Waals surface area contributed by atoms with Crippen LogP contribution in [0.2, 0.25) is 0 Å². The van der Waals surface area contributed by atoms with Gasteiger partial charge in [-0.25, -0.2) is 4.21 Å². The third kappa shape index (κ3) is 4.57. The van der Waals surface area contributed by atoms with Crippen molar-refractivity contribution in [3.05, 3.63) is 35.9 Å². The molecule has 0 aromatic heterocycles. The summed E-state index contributed by atoms with van der Waals surface area (Å²) >= 11 is 0. The van der Waals surface area contributed by atoms with Crippen LogP contribution in [0.15, 0.2) is 34.7 Å². The molecule has 0 saturated heterocycles. The molecule has 3 heteroatoms. The third-order valence-corrected chi connectivity index (χ3v) is 4.74. The normalized spacial score (nSPS) is 18.4. The van der Waals surface area contributed by atoms with E-state index in [1.54, 1.807) is 0 Å². The summed E-state index contributed by atoms with van der Waals surface area (Å²) in [6.45, 7) is 5.91. The maximum Gasteiger partial charge on any atom is 0.145 e. The first-order chi connectivity index (χ1) is 8.97. The van der Waals surface area contributed by atoms with Gasteiger partial charge < -0.3 is 0 Å². The van der Waals surface area contributed by atoms with Gasteiger partial charge in [0.2, 0.25) is 0 Å². The number of benzene rings is 1. The molecule has 2 nitrogen and oxygen atoms in total. The quantitative estimate of drug-likeness (QED) is 0.744. The lowest BCUT2D eigenvalue weighted by Gasteiger charge is -2.15. The van der Waals surface area contributed by atoms with Gasteiger partial charge in [0.1, 0.15) is 11.0 Å². The van der Waals surface area contributed by atoms with Crippen molar-refractivity contribution in [2.75, 3.05) is 0 Å². The topological polar surface area (TPSA) is 29.4 Å². The van der Waals surface area contributed by atoms with E-state index < -0.39 is 11.0 Å². The first-order valence-electron chi connectivity index (χ1n) is 7.02. The molecule has 0 spiro atoms. The summed E-state index contributed by atoms with van der Waals surface area (Å²) in [5.41, 5.74) is 2.11. The van der Waals surface area contributed by atoms with Crippen molar-refractivity contribution in [3.63, 3.8) is 0 Å². The second-order valence-electron chi connectivity index (χ2n) is 6.25. The van der Waals surface area contributed by atoms with Gasteiger partial charge in [-0.15, -0.1) is 0 Å². The maximum absolute atomic E-state index is 12.2. The Morgan fingerprint density at radius 3 is 2.42 bits per heavy atom. The molecule has 0 bridgehead atoms. The highest BCUT2D eigenvalue weighted by molar-refractivity contribution is 7.85. The molecular formula is C16H23NOS. The second-order valence-corrected chi connectivity index (χ2v) is 8.15. The summed E-state index contributed by atoms with van der Waals surface area (Å²) in [5, 5.41) is 0. The van der Waals surface area contributed by atoms with Crippen LogP contribution in [0.5, 0.6) is 0 Å². The van der Waals surface area contributed by atoms with E-state index in [-0.39, 0.29) is 4.75 Å². The van der Waals surface area contributed by atoms with Crippen molar-refractivity contribution in [2.24, 2.45) is 10.3 Å². The van der Waals surface area contributed by atoms with E-state index in [0.29, 0.717) is 0 Å². The summed E-state index contributed by atoms with van der Waals surface area (Å²) in [4.78, 5) is 0. The van der Waals surface area contributed by atoms with Crippen molar-refractivity contribution in [1.29, 1.82) is 0 Å². The van der Waals surface area contributed by atoms with Gasteiger partial charge in [-0.2, -0.15) is 4.40 Å². The standard InChI is InChI=1S/C16H23NOS/c1-16(2,3)19(18)17-15(12-11-13-9-10-13)14-7-5-4-6-8-14/h4-8,13H,9-12H2,1-3H3. The fraction of sp³-hybridized carbons (Fsp3) is 0.562. The molecule has 1 saturated carbocycles. The number of rotatable bonds is 5. The molecule has 0 radical (unpaired) electrons. The van der Waals surface area contributed by atoms with E-state index in [1.165, 1.54) is 19.3 Å². The smallest absolute Gasteiger partial charge is 0.145 e. The van der Waals surface area contributed by atoms with Crippen molar-refractivity contribution in [1.82, 2.24) is 0 Å². The molecule has 19 heavy (non-hydrogen) atoms. The van der Waals surface area contributed by atoms with Crippen LogP contribution in [0.3, 0.4) is 0 Å². The molecule has 1 aromatic carbocycles. The van der Waals surface area contributed by atoms with Crippen LogP contribution in [-0.4, -0.2) is 14.7 Å². The van der Waals surface area contributed by atoms with Gasteiger partial charge in [-0.05, 0) is 45.1 Å². The molecule has 104 valence electrons. The molecule has 1 unspecified atom stereocenters. The fourth-order valence-corrected chi connectivity index (χ4v) is 2.53. The van der Waals surface area contributed by atoms with Gasteiger partial charge in [0, 0.05) is 0 Å². The number of hydrogen-bond donors (Lipinski definition) is 0. The summed E-state index contributed by atoms with van der Waals surface area (Å²) in [7, 11) is -1.17. The highest BCUT2D eigenvalue weighted by atomic mass is 32.2. The molecule has 2 rings (SSSR count). The minimum absolute atomic E-state index is 0.292. The summed E-state index contributed by atoms with van der Waals surface area (Å²) in [5.74, 6) is 0.872. The second kappa shape index (κ2) is 6.00. The zero-order chi connectivity index (χ0) is 13.9.